The van der Waals surface area contributed by atoms with Gasteiger partial charge in [0.25, 0.3) is 5.91 Å². The van der Waals surface area contributed by atoms with E-state index in [1.165, 1.54) is 17.3 Å². The summed E-state index contributed by atoms with van der Waals surface area (Å²) in [6, 6.07) is 11.1. The van der Waals surface area contributed by atoms with Crippen molar-refractivity contribution in [3.8, 4) is 10.4 Å². The van der Waals surface area contributed by atoms with Crippen molar-refractivity contribution < 1.29 is 24.2 Å². The van der Waals surface area contributed by atoms with E-state index in [0.717, 1.165) is 15.4 Å². The number of anilines is 2. The summed E-state index contributed by atoms with van der Waals surface area (Å²) in [7, 11) is 0. The second-order valence-corrected chi connectivity index (χ2v) is 10.2. The molecular weight excluding hydrogens is 496 g/mol. The number of aromatic nitrogens is 2. The summed E-state index contributed by atoms with van der Waals surface area (Å²) in [5.74, 6) is -0.0585. The van der Waals surface area contributed by atoms with E-state index in [1.807, 2.05) is 28.5 Å². The molecule has 1 fully saturated rings. The number of piperazine rings is 1. The van der Waals surface area contributed by atoms with Gasteiger partial charge in [0.2, 0.25) is 0 Å². The summed E-state index contributed by atoms with van der Waals surface area (Å²) in [6.07, 6.45) is 1.07. The zero-order valence-corrected chi connectivity index (χ0v) is 21.6. The number of ether oxygens (including phenoxy) is 1. The van der Waals surface area contributed by atoms with Crippen LogP contribution < -0.4 is 15.3 Å². The molecule has 0 radical (unpaired) electrons. The monoisotopic (exact) mass is 524 g/mol. The average molecular weight is 525 g/mol. The van der Waals surface area contributed by atoms with Crippen molar-refractivity contribution in [1.82, 2.24) is 20.3 Å². The fraction of sp³-hybridized carbons (Fsp3) is 0.320. The number of carbonyl (C=O) groups excluding carboxylic acids is 2. The summed E-state index contributed by atoms with van der Waals surface area (Å²) >= 11 is 1.56. The van der Waals surface area contributed by atoms with Gasteiger partial charge in [-0.05, 0) is 49.9 Å². The van der Waals surface area contributed by atoms with Crippen molar-refractivity contribution in [2.75, 3.05) is 36.1 Å². The lowest BCUT2D eigenvalue weighted by Crippen LogP contribution is -2.49. The number of nitrogens with zero attached hydrogens (tertiary/aromatic N) is 5. The minimum atomic E-state index is -0.951. The highest BCUT2D eigenvalue weighted by Crippen LogP contribution is 2.28. The first-order valence-electron chi connectivity index (χ1n) is 11.6. The maximum absolute atomic E-state index is 13.5. The lowest BCUT2D eigenvalue weighted by atomic mass is 10.1. The highest BCUT2D eigenvalue weighted by molar-refractivity contribution is 7.13. The standard InChI is InChI=1S/C25H28N6O5S/c1-25(2,3)36-23(33)28-31(18-7-4-6-17(14-18)20-8-5-13-37-20)22(32)19-15-27-21(16-26-19)29-9-11-30(12-10-29)24(34)35/h4-8,13-16H,9-12H2,1-3H3,(H,28,33)(H,34,35). The molecule has 194 valence electrons. The predicted octanol–water partition coefficient (Wildman–Crippen LogP) is 4.09. The zero-order chi connectivity index (χ0) is 26.6. The van der Waals surface area contributed by atoms with Crippen LogP contribution in [0.15, 0.2) is 54.2 Å². The summed E-state index contributed by atoms with van der Waals surface area (Å²) in [5.41, 5.74) is 3.11. The van der Waals surface area contributed by atoms with E-state index in [-0.39, 0.29) is 5.69 Å². The first-order valence-corrected chi connectivity index (χ1v) is 12.5. The number of nitrogens with one attached hydrogen (secondary N) is 1. The Hall–Kier alpha value is -4.19. The smallest absolute Gasteiger partial charge is 0.427 e. The molecule has 0 spiro atoms. The third kappa shape index (κ3) is 6.53. The molecule has 0 bridgehead atoms. The molecule has 2 N–H and O–H groups in total. The second-order valence-electron chi connectivity index (χ2n) is 9.30. The van der Waals surface area contributed by atoms with Gasteiger partial charge in [-0.2, -0.15) is 0 Å². The van der Waals surface area contributed by atoms with Crippen molar-refractivity contribution >= 4 is 40.9 Å². The Morgan fingerprint density at radius 3 is 2.41 bits per heavy atom. The second kappa shape index (κ2) is 10.8. The van der Waals surface area contributed by atoms with E-state index in [1.54, 1.807) is 50.3 Å². The van der Waals surface area contributed by atoms with Gasteiger partial charge < -0.3 is 19.6 Å². The zero-order valence-electron chi connectivity index (χ0n) is 20.7. The Balaban J connectivity index is 1.57. The first kappa shape index (κ1) is 25.9. The van der Waals surface area contributed by atoms with Crippen LogP contribution in [0.25, 0.3) is 10.4 Å². The highest BCUT2D eigenvalue weighted by Gasteiger charge is 2.26. The molecule has 11 nitrogen and oxygen atoms in total. The van der Waals surface area contributed by atoms with Gasteiger partial charge in [-0.1, -0.05) is 18.2 Å². The minimum absolute atomic E-state index is 0.0190. The maximum atomic E-state index is 13.5. The van der Waals surface area contributed by atoms with Crippen LogP contribution in [-0.2, 0) is 4.74 Å². The predicted molar refractivity (Wildman–Crippen MR) is 140 cm³/mol. The largest absolute Gasteiger partial charge is 0.465 e. The molecule has 37 heavy (non-hydrogen) atoms. The van der Waals surface area contributed by atoms with E-state index < -0.39 is 23.7 Å². The van der Waals surface area contributed by atoms with Gasteiger partial charge in [0.15, 0.2) is 0 Å². The van der Waals surface area contributed by atoms with Gasteiger partial charge in [0.1, 0.15) is 17.1 Å². The van der Waals surface area contributed by atoms with Crippen LogP contribution in [0.1, 0.15) is 31.3 Å². The fourth-order valence-electron chi connectivity index (χ4n) is 3.70. The molecule has 1 aromatic carbocycles. The molecular formula is C25H28N6O5S. The minimum Gasteiger partial charge on any atom is -0.465 e. The normalized spacial score (nSPS) is 13.7. The molecule has 1 aliphatic rings. The number of amides is 3. The quantitative estimate of drug-likeness (QED) is 0.489. The van der Waals surface area contributed by atoms with Gasteiger partial charge in [-0.3, -0.25) is 4.79 Å². The number of hydrazine groups is 1. The lowest BCUT2D eigenvalue weighted by molar-refractivity contribution is 0.0510. The van der Waals surface area contributed by atoms with Gasteiger partial charge in [0.05, 0.1) is 18.1 Å². The van der Waals surface area contributed by atoms with Crippen molar-refractivity contribution in [1.29, 1.82) is 0 Å². The van der Waals surface area contributed by atoms with Crippen LogP contribution in [0.5, 0.6) is 0 Å². The summed E-state index contributed by atoms with van der Waals surface area (Å²) in [6.45, 7) is 6.84. The highest BCUT2D eigenvalue weighted by atomic mass is 32.1. The maximum Gasteiger partial charge on any atom is 0.427 e. The van der Waals surface area contributed by atoms with Crippen LogP contribution in [0, 0.1) is 0 Å². The van der Waals surface area contributed by atoms with Gasteiger partial charge in [0, 0.05) is 31.1 Å². The number of thiophene rings is 1. The topological polar surface area (TPSA) is 128 Å². The molecule has 4 rings (SSSR count). The summed E-state index contributed by atoms with van der Waals surface area (Å²) in [4.78, 5) is 50.2. The SMILES string of the molecule is CC(C)(C)OC(=O)NN(C(=O)c1cnc(N2CCN(C(=O)O)CC2)cn1)c1cccc(-c2cccs2)c1. The van der Waals surface area contributed by atoms with Crippen molar-refractivity contribution in [2.24, 2.45) is 0 Å². The van der Waals surface area contributed by atoms with Crippen molar-refractivity contribution in [3.05, 3.63) is 59.9 Å². The van der Waals surface area contributed by atoms with Crippen LogP contribution in [0.3, 0.4) is 0 Å². The summed E-state index contributed by atoms with van der Waals surface area (Å²) in [5, 5.41) is 12.2. The number of rotatable bonds is 4. The van der Waals surface area contributed by atoms with Crippen molar-refractivity contribution in [2.45, 2.75) is 26.4 Å². The van der Waals surface area contributed by atoms with Gasteiger partial charge in [-0.15, -0.1) is 11.3 Å². The van der Waals surface area contributed by atoms with Crippen molar-refractivity contribution in [3.63, 3.8) is 0 Å². The van der Waals surface area contributed by atoms with E-state index in [2.05, 4.69) is 15.4 Å². The molecule has 3 amide bonds. The van der Waals surface area contributed by atoms with Gasteiger partial charge >= 0.3 is 12.2 Å². The number of benzene rings is 1. The Morgan fingerprint density at radius 1 is 1.05 bits per heavy atom. The molecule has 0 saturated carbocycles. The Morgan fingerprint density at radius 2 is 1.81 bits per heavy atom. The third-order valence-corrected chi connectivity index (χ3v) is 6.37. The Bertz CT molecular complexity index is 1250. The van der Waals surface area contributed by atoms with Crippen LogP contribution in [-0.4, -0.2) is 69.8 Å². The van der Waals surface area contributed by atoms with E-state index in [4.69, 9.17) is 9.84 Å². The lowest BCUT2D eigenvalue weighted by Gasteiger charge is -2.33. The molecule has 3 heterocycles. The molecule has 2 aromatic heterocycles. The molecule has 0 aliphatic carbocycles. The van der Waals surface area contributed by atoms with E-state index in [0.29, 0.717) is 37.7 Å². The fourth-order valence-corrected chi connectivity index (χ4v) is 4.43. The number of hydrogen-bond acceptors (Lipinski definition) is 8. The van der Waals surface area contributed by atoms with Gasteiger partial charge in [-0.25, -0.2) is 30.0 Å². The number of hydrogen-bond donors (Lipinski definition) is 2. The Labute approximate surface area is 218 Å². The Kier molecular flexibility index (Phi) is 7.58. The number of carbonyl (C=O) groups is 3. The van der Waals surface area contributed by atoms with E-state index >= 15 is 0 Å². The first-order chi connectivity index (χ1) is 17.6. The average Bonchev–Trinajstić information content (AvgIpc) is 3.41. The van der Waals surface area contributed by atoms with E-state index in [9.17, 15) is 14.4 Å². The number of carboxylic acid groups (broad SMARTS) is 1. The van der Waals surface area contributed by atoms with Crippen LogP contribution >= 0.6 is 11.3 Å². The molecule has 1 saturated heterocycles. The molecule has 3 aromatic rings. The molecule has 0 atom stereocenters. The molecule has 0 unspecified atom stereocenters. The third-order valence-electron chi connectivity index (χ3n) is 5.45. The molecule has 1 aliphatic heterocycles. The van der Waals surface area contributed by atoms with Crippen LogP contribution in [0.4, 0.5) is 21.1 Å². The van der Waals surface area contributed by atoms with Crippen LogP contribution in [0.2, 0.25) is 0 Å². The molecule has 12 heteroatoms. The summed E-state index contributed by atoms with van der Waals surface area (Å²) < 4.78 is 5.37.